The number of rotatable bonds is 3. The van der Waals surface area contributed by atoms with Crippen molar-refractivity contribution in [3.05, 3.63) is 23.4 Å². The summed E-state index contributed by atoms with van der Waals surface area (Å²) in [5, 5.41) is 0.236. The van der Waals surface area contributed by atoms with Crippen molar-refractivity contribution in [3.8, 4) is 0 Å². The van der Waals surface area contributed by atoms with Crippen LogP contribution in [-0.4, -0.2) is 13.3 Å². The maximum Gasteiger partial charge on any atom is 0.192 e. The molecule has 0 fully saturated rings. The van der Waals surface area contributed by atoms with Gasteiger partial charge in [-0.1, -0.05) is 20.8 Å². The molecule has 0 unspecified atom stereocenters. The van der Waals surface area contributed by atoms with Crippen molar-refractivity contribution in [1.82, 2.24) is 4.98 Å². The molecule has 0 saturated carbocycles. The lowest BCUT2D eigenvalue weighted by atomic mass is 10.1. The Bertz CT molecular complexity index is 397. The van der Waals surface area contributed by atoms with Crippen LogP contribution in [0.15, 0.2) is 12.3 Å². The highest BCUT2D eigenvalue weighted by atomic mass is 28.4. The van der Waals surface area contributed by atoms with Crippen LogP contribution < -0.4 is 5.73 Å². The lowest BCUT2D eigenvalue weighted by Crippen LogP contribution is -2.40. The van der Waals surface area contributed by atoms with Crippen LogP contribution in [0.3, 0.4) is 0 Å². The van der Waals surface area contributed by atoms with E-state index >= 15 is 0 Å². The highest BCUT2D eigenvalue weighted by Gasteiger charge is 2.37. The Morgan fingerprint density at radius 1 is 1.35 bits per heavy atom. The second-order valence-corrected chi connectivity index (χ2v) is 10.8. The van der Waals surface area contributed by atoms with E-state index in [0.29, 0.717) is 12.4 Å². The number of pyridine rings is 1. The minimum atomic E-state index is -1.69. The van der Waals surface area contributed by atoms with E-state index in [1.165, 1.54) is 0 Å². The van der Waals surface area contributed by atoms with Crippen LogP contribution in [0, 0.1) is 6.92 Å². The molecule has 1 aromatic heterocycles. The van der Waals surface area contributed by atoms with Crippen LogP contribution in [0.25, 0.3) is 0 Å². The summed E-state index contributed by atoms with van der Waals surface area (Å²) in [6.07, 6.45) is 1.74. The normalized spacial score (nSPS) is 12.8. The van der Waals surface area contributed by atoms with Crippen LogP contribution in [0.1, 0.15) is 31.9 Å². The van der Waals surface area contributed by atoms with Gasteiger partial charge in [0.05, 0.1) is 6.61 Å². The van der Waals surface area contributed by atoms with Gasteiger partial charge in [0.25, 0.3) is 0 Å². The van der Waals surface area contributed by atoms with Gasteiger partial charge in [0.2, 0.25) is 0 Å². The lowest BCUT2D eigenvalue weighted by Gasteiger charge is -2.36. The van der Waals surface area contributed by atoms with E-state index in [2.05, 4.69) is 38.8 Å². The summed E-state index contributed by atoms with van der Waals surface area (Å²) in [6, 6.07) is 1.98. The standard InChI is InChI=1S/C13H24N2OSi/c1-10-11(7-8-15-12(10)14)9-16-17(5,6)13(2,3)4/h7-8H,9H2,1-6H3,(H2,14,15). The van der Waals surface area contributed by atoms with Crippen molar-refractivity contribution < 1.29 is 4.43 Å². The highest BCUT2D eigenvalue weighted by molar-refractivity contribution is 6.74. The Morgan fingerprint density at radius 3 is 2.47 bits per heavy atom. The first-order chi connectivity index (χ1) is 7.65. The predicted octanol–water partition coefficient (Wildman–Crippen LogP) is 3.49. The molecule has 1 rings (SSSR count). The van der Waals surface area contributed by atoms with E-state index in [4.69, 9.17) is 10.2 Å². The van der Waals surface area contributed by atoms with Crippen molar-refractivity contribution in [2.45, 2.75) is 52.4 Å². The lowest BCUT2D eigenvalue weighted by molar-refractivity contribution is 0.275. The number of anilines is 1. The fourth-order valence-electron chi connectivity index (χ4n) is 1.22. The number of nitrogens with zero attached hydrogens (tertiary/aromatic N) is 1. The topological polar surface area (TPSA) is 48.1 Å². The first kappa shape index (κ1) is 14.2. The van der Waals surface area contributed by atoms with E-state index in [1.54, 1.807) is 6.20 Å². The Hall–Kier alpha value is -0.873. The summed E-state index contributed by atoms with van der Waals surface area (Å²) < 4.78 is 6.17. The van der Waals surface area contributed by atoms with Crippen LogP contribution in [-0.2, 0) is 11.0 Å². The number of hydrogen-bond donors (Lipinski definition) is 1. The molecule has 0 atom stereocenters. The zero-order chi connectivity index (χ0) is 13.3. The van der Waals surface area contributed by atoms with Crippen LogP contribution in [0.5, 0.6) is 0 Å². The molecule has 0 aromatic carbocycles. The first-order valence-corrected chi connectivity index (χ1v) is 8.90. The largest absolute Gasteiger partial charge is 0.413 e. The highest BCUT2D eigenvalue weighted by Crippen LogP contribution is 2.37. The van der Waals surface area contributed by atoms with Crippen LogP contribution in [0.4, 0.5) is 5.82 Å². The second kappa shape index (κ2) is 4.78. The quantitative estimate of drug-likeness (QED) is 0.838. The summed E-state index contributed by atoms with van der Waals surface area (Å²) in [5.41, 5.74) is 7.96. The molecule has 0 amide bonds. The summed E-state index contributed by atoms with van der Waals surface area (Å²) >= 11 is 0. The summed E-state index contributed by atoms with van der Waals surface area (Å²) in [4.78, 5) is 4.07. The fourth-order valence-corrected chi connectivity index (χ4v) is 2.17. The van der Waals surface area contributed by atoms with E-state index in [1.807, 2.05) is 13.0 Å². The molecule has 0 bridgehead atoms. The average molecular weight is 252 g/mol. The Balaban J connectivity index is 2.78. The third kappa shape index (κ3) is 3.29. The zero-order valence-corrected chi connectivity index (χ0v) is 12.8. The number of hydrogen-bond acceptors (Lipinski definition) is 3. The average Bonchev–Trinajstić information content (AvgIpc) is 2.18. The molecule has 0 spiro atoms. The Kier molecular flexibility index (Phi) is 3.99. The van der Waals surface area contributed by atoms with Crippen molar-refractivity contribution >= 4 is 14.1 Å². The summed E-state index contributed by atoms with van der Waals surface area (Å²) in [5.74, 6) is 0.598. The fraction of sp³-hybridized carbons (Fsp3) is 0.615. The predicted molar refractivity (Wildman–Crippen MR) is 75.4 cm³/mol. The van der Waals surface area contributed by atoms with E-state index in [0.717, 1.165) is 11.1 Å². The van der Waals surface area contributed by atoms with Gasteiger partial charge in [0.15, 0.2) is 8.32 Å². The van der Waals surface area contributed by atoms with E-state index in [-0.39, 0.29) is 5.04 Å². The molecular formula is C13H24N2OSi. The third-order valence-corrected chi connectivity index (χ3v) is 8.23. The van der Waals surface area contributed by atoms with Gasteiger partial charge in [-0.25, -0.2) is 4.98 Å². The number of aromatic nitrogens is 1. The second-order valence-electron chi connectivity index (χ2n) is 6.03. The van der Waals surface area contributed by atoms with Gasteiger partial charge in [-0.3, -0.25) is 0 Å². The van der Waals surface area contributed by atoms with Crippen molar-refractivity contribution in [2.75, 3.05) is 5.73 Å². The Labute approximate surface area is 106 Å². The molecule has 2 N–H and O–H groups in total. The molecule has 1 heterocycles. The molecule has 17 heavy (non-hydrogen) atoms. The molecule has 1 aromatic rings. The molecule has 0 aliphatic rings. The molecule has 96 valence electrons. The first-order valence-electron chi connectivity index (χ1n) is 5.99. The summed E-state index contributed by atoms with van der Waals surface area (Å²) in [6.45, 7) is 13.9. The van der Waals surface area contributed by atoms with Gasteiger partial charge < -0.3 is 10.2 Å². The van der Waals surface area contributed by atoms with Gasteiger partial charge in [-0.15, -0.1) is 0 Å². The SMILES string of the molecule is Cc1c(CO[Si](C)(C)C(C)(C)C)ccnc1N. The summed E-state index contributed by atoms with van der Waals surface area (Å²) in [7, 11) is -1.69. The van der Waals surface area contributed by atoms with Crippen LogP contribution >= 0.6 is 0 Å². The maximum absolute atomic E-state index is 6.17. The smallest absolute Gasteiger partial charge is 0.192 e. The molecule has 3 nitrogen and oxygen atoms in total. The van der Waals surface area contributed by atoms with Gasteiger partial charge in [-0.2, -0.15) is 0 Å². The molecule has 0 radical (unpaired) electrons. The van der Waals surface area contributed by atoms with Crippen molar-refractivity contribution in [3.63, 3.8) is 0 Å². The molecule has 4 heteroatoms. The molecular weight excluding hydrogens is 228 g/mol. The number of nitrogens with two attached hydrogens (primary N) is 1. The molecule has 0 aliphatic heterocycles. The monoisotopic (exact) mass is 252 g/mol. The van der Waals surface area contributed by atoms with Gasteiger partial charge >= 0.3 is 0 Å². The third-order valence-electron chi connectivity index (χ3n) is 3.75. The Morgan fingerprint density at radius 2 is 1.94 bits per heavy atom. The molecule has 0 aliphatic carbocycles. The van der Waals surface area contributed by atoms with E-state index < -0.39 is 8.32 Å². The van der Waals surface area contributed by atoms with Crippen molar-refractivity contribution in [2.24, 2.45) is 0 Å². The zero-order valence-electron chi connectivity index (χ0n) is 11.8. The van der Waals surface area contributed by atoms with Crippen LogP contribution in [0.2, 0.25) is 18.1 Å². The number of nitrogen functional groups attached to an aromatic ring is 1. The minimum absolute atomic E-state index is 0.236. The van der Waals surface area contributed by atoms with Gasteiger partial charge in [0, 0.05) is 6.20 Å². The minimum Gasteiger partial charge on any atom is -0.413 e. The molecule has 0 saturated heterocycles. The maximum atomic E-state index is 6.17. The van der Waals surface area contributed by atoms with Crippen molar-refractivity contribution in [1.29, 1.82) is 0 Å². The van der Waals surface area contributed by atoms with Gasteiger partial charge in [0.1, 0.15) is 5.82 Å². The van der Waals surface area contributed by atoms with E-state index in [9.17, 15) is 0 Å². The van der Waals surface area contributed by atoms with Gasteiger partial charge in [-0.05, 0) is 42.2 Å².